The second-order valence-electron chi connectivity index (χ2n) is 10.1. The van der Waals surface area contributed by atoms with Crippen LogP contribution in [-0.4, -0.2) is 29.2 Å². The molecule has 0 aromatic rings. The number of nitrogens with one attached hydrogen (secondary N) is 1. The molecule has 1 heterocycles. The van der Waals surface area contributed by atoms with Crippen molar-refractivity contribution in [2.24, 2.45) is 0 Å². The van der Waals surface area contributed by atoms with E-state index in [1.54, 1.807) is 43.8 Å². The van der Waals surface area contributed by atoms with Crippen LogP contribution in [0.3, 0.4) is 0 Å². The molecule has 1 N–H and O–H groups in total. The summed E-state index contributed by atoms with van der Waals surface area (Å²) in [4.78, 5) is 0. The van der Waals surface area contributed by atoms with Crippen LogP contribution in [0, 0.1) is 0 Å². The largest absolute Gasteiger partial charge is 0.309 e. The molecule has 1 aliphatic carbocycles. The lowest BCUT2D eigenvalue weighted by Crippen LogP contribution is -2.33. The van der Waals surface area contributed by atoms with Crippen molar-refractivity contribution in [3.63, 3.8) is 0 Å². The molecule has 0 spiro atoms. The average Bonchev–Trinajstić information content (AvgIpc) is 2.99. The van der Waals surface area contributed by atoms with Gasteiger partial charge < -0.3 is 5.32 Å². The maximum atomic E-state index is 3.76. The Hall–Kier alpha value is -0.646. The van der Waals surface area contributed by atoms with Crippen molar-refractivity contribution in [1.29, 1.82) is 0 Å². The minimum atomic E-state index is -1.46. The number of hydrogen-bond acceptors (Lipinski definition) is 1. The first-order chi connectivity index (χ1) is 12.5. The van der Waals surface area contributed by atoms with Gasteiger partial charge in [0.15, 0.2) is 0 Å². The van der Waals surface area contributed by atoms with Gasteiger partial charge >= 0.3 is 0 Å². The minimum Gasteiger partial charge on any atom is -0.309 e. The number of hydrogen-bond donors (Lipinski definition) is 1. The van der Waals surface area contributed by atoms with Crippen LogP contribution < -0.4 is 5.32 Å². The molecule has 3 heteroatoms. The van der Waals surface area contributed by atoms with Gasteiger partial charge in [0.2, 0.25) is 0 Å². The highest BCUT2D eigenvalue weighted by atomic mass is 28.3. The highest BCUT2D eigenvalue weighted by Crippen LogP contribution is 2.45. The Bertz CT molecular complexity index is 658. The Labute approximate surface area is 171 Å². The summed E-state index contributed by atoms with van der Waals surface area (Å²) in [5, 5.41) is 7.32. The lowest BCUT2D eigenvalue weighted by molar-refractivity contribution is 0.869. The summed E-state index contributed by atoms with van der Waals surface area (Å²) in [7, 11) is -2.92. The van der Waals surface area contributed by atoms with E-state index in [2.05, 4.69) is 72.3 Å². The number of rotatable bonds is 6. The van der Waals surface area contributed by atoms with Gasteiger partial charge in [0.25, 0.3) is 0 Å². The predicted octanol–water partition coefficient (Wildman–Crippen LogP) is 7.18. The highest BCUT2D eigenvalue weighted by Gasteiger charge is 2.37. The van der Waals surface area contributed by atoms with Gasteiger partial charge in [-0.05, 0) is 59.1 Å². The first-order valence-electron chi connectivity index (χ1n) is 11.2. The molecule has 0 aromatic heterocycles. The van der Waals surface area contributed by atoms with Crippen molar-refractivity contribution in [3.05, 3.63) is 43.8 Å². The van der Waals surface area contributed by atoms with E-state index in [9.17, 15) is 0 Å². The van der Waals surface area contributed by atoms with Gasteiger partial charge in [0, 0.05) is 13.1 Å². The lowest BCUT2D eigenvalue weighted by Gasteiger charge is -2.36. The van der Waals surface area contributed by atoms with Crippen LogP contribution in [0.2, 0.25) is 39.3 Å². The van der Waals surface area contributed by atoms with Crippen LogP contribution in [0.15, 0.2) is 43.8 Å². The van der Waals surface area contributed by atoms with Crippen molar-refractivity contribution in [2.75, 3.05) is 13.1 Å². The Kier molecular flexibility index (Phi) is 7.03. The van der Waals surface area contributed by atoms with E-state index in [0.29, 0.717) is 0 Å². The van der Waals surface area contributed by atoms with Gasteiger partial charge in [-0.2, -0.15) is 0 Å². The van der Waals surface area contributed by atoms with Gasteiger partial charge in [-0.15, -0.1) is 0 Å². The SMILES string of the molecule is CCC1=C(CC)/C(CC)=C(/[Si](C)(C)C)C2=C(CNC2)/C([Si](C)(C)C)=C\1CC. The molecule has 152 valence electrons. The van der Waals surface area contributed by atoms with Crippen LogP contribution in [0.1, 0.15) is 53.4 Å². The highest BCUT2D eigenvalue weighted by molar-refractivity contribution is 6.85. The first-order valence-corrected chi connectivity index (χ1v) is 18.2. The molecule has 0 fully saturated rings. The molecule has 27 heavy (non-hydrogen) atoms. The van der Waals surface area contributed by atoms with Gasteiger partial charge in [0.1, 0.15) is 0 Å². The normalized spacial score (nSPS) is 27.8. The molecule has 0 unspecified atom stereocenters. The third-order valence-electron chi connectivity index (χ3n) is 6.18. The van der Waals surface area contributed by atoms with E-state index in [-0.39, 0.29) is 0 Å². The Morgan fingerprint density at radius 2 is 0.852 bits per heavy atom. The Morgan fingerprint density at radius 1 is 0.556 bits per heavy atom. The molecule has 0 saturated heterocycles. The molecule has 1 aliphatic heterocycles. The zero-order valence-corrected chi connectivity index (χ0v) is 21.7. The maximum Gasteiger partial charge on any atom is 0.0784 e. The molecule has 0 saturated carbocycles. The summed E-state index contributed by atoms with van der Waals surface area (Å²) in [6.07, 6.45) is 4.67. The molecule has 1 nitrogen and oxygen atoms in total. The average molecular weight is 402 g/mol. The summed E-state index contributed by atoms with van der Waals surface area (Å²) in [5.41, 5.74) is 10.1. The van der Waals surface area contributed by atoms with Crippen LogP contribution in [0.4, 0.5) is 0 Å². The summed E-state index contributed by atoms with van der Waals surface area (Å²) < 4.78 is 0. The molecule has 0 bridgehead atoms. The van der Waals surface area contributed by atoms with Crippen molar-refractivity contribution >= 4 is 16.1 Å². The van der Waals surface area contributed by atoms with Crippen LogP contribution >= 0.6 is 0 Å². The van der Waals surface area contributed by atoms with E-state index in [1.165, 1.54) is 25.7 Å². The molecule has 0 radical (unpaired) electrons. The minimum absolute atomic E-state index is 1.07. The fraction of sp³-hybridized carbons (Fsp3) is 0.667. The lowest BCUT2D eigenvalue weighted by atomic mass is 9.84. The van der Waals surface area contributed by atoms with Crippen LogP contribution in [0.25, 0.3) is 0 Å². The maximum absolute atomic E-state index is 3.76. The van der Waals surface area contributed by atoms with Crippen LogP contribution in [-0.2, 0) is 0 Å². The summed E-state index contributed by atoms with van der Waals surface area (Å²) in [6.45, 7) is 27.0. The van der Waals surface area contributed by atoms with Crippen molar-refractivity contribution in [3.8, 4) is 0 Å². The summed E-state index contributed by atoms with van der Waals surface area (Å²) in [6, 6.07) is 0. The standard InChI is InChI=1S/C24H43NSi2/c1-11-17-18(12-2)20(14-4)24(27(8,9)10)22-16-25-15-21(22)23(19(17)13-3)26(5,6)7/h25H,11-16H2,1-10H3/b18-17-,19-17?,20-18?,23-19+,23-21?,24-20+,24-22?. The zero-order valence-electron chi connectivity index (χ0n) is 19.7. The molecule has 2 rings (SSSR count). The molecule has 0 aromatic carbocycles. The molecule has 2 aliphatic rings. The molecular weight excluding hydrogens is 358 g/mol. The van der Waals surface area contributed by atoms with Gasteiger partial charge in [-0.3, -0.25) is 0 Å². The summed E-state index contributed by atoms with van der Waals surface area (Å²) in [5.74, 6) is 0. The molecule has 0 atom stereocenters. The second kappa shape index (κ2) is 8.38. The monoisotopic (exact) mass is 401 g/mol. The van der Waals surface area contributed by atoms with Gasteiger partial charge in [-0.1, -0.05) is 77.4 Å². The summed E-state index contributed by atoms with van der Waals surface area (Å²) >= 11 is 0. The fourth-order valence-electron chi connectivity index (χ4n) is 5.48. The van der Waals surface area contributed by atoms with E-state index in [0.717, 1.165) is 13.1 Å². The third-order valence-corrected chi connectivity index (χ3v) is 10.4. The fourth-order valence-corrected chi connectivity index (χ4v) is 10.2. The van der Waals surface area contributed by atoms with Crippen LogP contribution in [0.5, 0.6) is 0 Å². The molecule has 0 amide bonds. The quantitative estimate of drug-likeness (QED) is 0.464. The number of allylic oxidation sites excluding steroid dienone is 4. The van der Waals surface area contributed by atoms with Crippen molar-refractivity contribution < 1.29 is 0 Å². The predicted molar refractivity (Wildman–Crippen MR) is 129 cm³/mol. The zero-order chi connectivity index (χ0) is 20.6. The first kappa shape index (κ1) is 22.6. The Morgan fingerprint density at radius 3 is 1.07 bits per heavy atom. The van der Waals surface area contributed by atoms with E-state index < -0.39 is 16.1 Å². The topological polar surface area (TPSA) is 12.0 Å². The van der Waals surface area contributed by atoms with E-state index in [1.807, 2.05) is 0 Å². The third kappa shape index (κ3) is 4.20. The van der Waals surface area contributed by atoms with Crippen molar-refractivity contribution in [2.45, 2.75) is 92.7 Å². The van der Waals surface area contributed by atoms with Gasteiger partial charge in [-0.25, -0.2) is 0 Å². The van der Waals surface area contributed by atoms with Gasteiger partial charge in [0.05, 0.1) is 16.1 Å². The second-order valence-corrected chi connectivity index (χ2v) is 20.1. The Balaban J connectivity index is 3.09. The van der Waals surface area contributed by atoms with Crippen molar-refractivity contribution in [1.82, 2.24) is 5.32 Å². The molecular formula is C24H43NSi2. The van der Waals surface area contributed by atoms with E-state index in [4.69, 9.17) is 0 Å². The van der Waals surface area contributed by atoms with E-state index >= 15 is 0 Å². The smallest absolute Gasteiger partial charge is 0.0784 e.